The molecular weight excluding hydrogens is 227 g/mol. The summed E-state index contributed by atoms with van der Waals surface area (Å²) in [5, 5.41) is 0. The molecule has 0 heterocycles. The summed E-state index contributed by atoms with van der Waals surface area (Å²) in [6.07, 6.45) is 0. The molecule has 0 amide bonds. The van der Waals surface area contributed by atoms with E-state index in [-0.39, 0.29) is 5.94 Å². The fraction of sp³-hybridized carbons (Fsp3) is 0.143. The van der Waals surface area contributed by atoms with Gasteiger partial charge in [-0.1, -0.05) is 30.0 Å². The molecule has 72 valence electrons. The molecule has 1 rings (SSSR count). The fourth-order valence-corrected chi connectivity index (χ4v) is 2.31. The minimum atomic E-state index is -3.49. The van der Waals surface area contributed by atoms with Crippen molar-refractivity contribution in [2.45, 2.75) is 4.90 Å². The standard InChI is InChI=1S/C7H9O3PS2/c8-11(9,12)10-6-13-7-4-2-1-3-5-7/h1-5H,6H2,(H2,8,9,12). The van der Waals surface area contributed by atoms with Gasteiger partial charge in [0.1, 0.15) is 5.94 Å². The molecule has 0 unspecified atom stereocenters. The molecule has 2 N–H and O–H groups in total. The highest BCUT2D eigenvalue weighted by atomic mass is 32.5. The molecule has 0 spiro atoms. The molecule has 0 saturated heterocycles. The van der Waals surface area contributed by atoms with E-state index in [9.17, 15) is 0 Å². The van der Waals surface area contributed by atoms with Gasteiger partial charge in [0.15, 0.2) is 0 Å². The van der Waals surface area contributed by atoms with E-state index in [1.807, 2.05) is 30.3 Å². The molecule has 1 aromatic rings. The van der Waals surface area contributed by atoms with Crippen LogP contribution in [0.4, 0.5) is 0 Å². The summed E-state index contributed by atoms with van der Waals surface area (Å²) in [6, 6.07) is 9.53. The lowest BCUT2D eigenvalue weighted by Gasteiger charge is -2.07. The molecule has 0 aromatic heterocycles. The smallest absolute Gasteiger partial charge is 0.322 e. The van der Waals surface area contributed by atoms with Gasteiger partial charge in [-0.25, -0.2) is 0 Å². The first-order valence-electron chi connectivity index (χ1n) is 3.46. The highest BCUT2D eigenvalue weighted by Crippen LogP contribution is 2.38. The Labute approximate surface area is 86.0 Å². The predicted octanol–water partition coefficient (Wildman–Crippen LogP) is 1.96. The number of benzene rings is 1. The van der Waals surface area contributed by atoms with Gasteiger partial charge in [0.25, 0.3) is 0 Å². The van der Waals surface area contributed by atoms with Crippen molar-refractivity contribution in [1.82, 2.24) is 0 Å². The van der Waals surface area contributed by atoms with E-state index in [1.54, 1.807) is 0 Å². The van der Waals surface area contributed by atoms with Crippen LogP contribution >= 0.6 is 18.5 Å². The Balaban J connectivity index is 2.33. The first-order valence-corrected chi connectivity index (χ1v) is 7.07. The lowest BCUT2D eigenvalue weighted by Crippen LogP contribution is -1.86. The maximum absolute atomic E-state index is 8.74. The lowest BCUT2D eigenvalue weighted by molar-refractivity contribution is 0.295. The molecule has 3 nitrogen and oxygen atoms in total. The van der Waals surface area contributed by atoms with E-state index in [2.05, 4.69) is 16.3 Å². The zero-order chi connectivity index (χ0) is 9.73. The van der Waals surface area contributed by atoms with Crippen LogP contribution in [-0.4, -0.2) is 15.7 Å². The molecule has 6 heteroatoms. The monoisotopic (exact) mass is 236 g/mol. The molecule has 0 fully saturated rings. The molecule has 0 aliphatic rings. The quantitative estimate of drug-likeness (QED) is 0.475. The average Bonchev–Trinajstić information content (AvgIpc) is 2.04. The molecule has 0 radical (unpaired) electrons. The van der Waals surface area contributed by atoms with Gasteiger partial charge in [0.2, 0.25) is 0 Å². The summed E-state index contributed by atoms with van der Waals surface area (Å²) in [6.45, 7) is -3.49. The lowest BCUT2D eigenvalue weighted by atomic mass is 10.4. The molecule has 1 aromatic carbocycles. The van der Waals surface area contributed by atoms with Crippen LogP contribution in [0.2, 0.25) is 0 Å². The van der Waals surface area contributed by atoms with E-state index in [1.165, 1.54) is 11.8 Å². The van der Waals surface area contributed by atoms with Crippen molar-refractivity contribution in [2.75, 3.05) is 5.94 Å². The predicted molar refractivity (Wildman–Crippen MR) is 57.0 cm³/mol. The van der Waals surface area contributed by atoms with Crippen molar-refractivity contribution in [3.05, 3.63) is 30.3 Å². The Morgan fingerprint density at radius 2 is 1.92 bits per heavy atom. The van der Waals surface area contributed by atoms with E-state index in [0.29, 0.717) is 0 Å². The number of thioether (sulfide) groups is 1. The van der Waals surface area contributed by atoms with Crippen molar-refractivity contribution >= 4 is 30.3 Å². The highest BCUT2D eigenvalue weighted by molar-refractivity contribution is 8.07. The largest absolute Gasteiger partial charge is 0.325 e. The second-order valence-corrected chi connectivity index (χ2v) is 5.86. The maximum Gasteiger partial charge on any atom is 0.322 e. The topological polar surface area (TPSA) is 49.7 Å². The molecule has 0 saturated carbocycles. The van der Waals surface area contributed by atoms with Crippen LogP contribution in [0, 0.1) is 0 Å². The fourth-order valence-electron chi connectivity index (χ4n) is 0.680. The van der Waals surface area contributed by atoms with Crippen LogP contribution in [0.25, 0.3) is 0 Å². The SMILES string of the molecule is OP(O)(=S)OCSc1ccccc1. The Morgan fingerprint density at radius 1 is 1.31 bits per heavy atom. The van der Waals surface area contributed by atoms with Crippen molar-refractivity contribution in [3.63, 3.8) is 0 Å². The van der Waals surface area contributed by atoms with Gasteiger partial charge in [-0.2, -0.15) is 0 Å². The van der Waals surface area contributed by atoms with Crippen LogP contribution in [0.1, 0.15) is 0 Å². The zero-order valence-electron chi connectivity index (χ0n) is 6.66. The van der Waals surface area contributed by atoms with Gasteiger partial charge in [-0.05, 0) is 23.9 Å². The van der Waals surface area contributed by atoms with Crippen LogP contribution in [-0.2, 0) is 16.3 Å². The van der Waals surface area contributed by atoms with Crippen molar-refractivity contribution < 1.29 is 14.3 Å². The molecular formula is C7H9O3PS2. The Bertz CT molecular complexity index is 298. The van der Waals surface area contributed by atoms with Gasteiger partial charge in [-0.3, -0.25) is 4.52 Å². The van der Waals surface area contributed by atoms with Crippen molar-refractivity contribution in [3.8, 4) is 0 Å². The van der Waals surface area contributed by atoms with Gasteiger partial charge in [-0.15, -0.1) is 0 Å². The average molecular weight is 236 g/mol. The second-order valence-electron chi connectivity index (χ2n) is 2.19. The molecule has 0 bridgehead atoms. The Morgan fingerprint density at radius 3 is 2.46 bits per heavy atom. The third-order valence-corrected chi connectivity index (χ3v) is 2.99. The van der Waals surface area contributed by atoms with Crippen LogP contribution in [0.3, 0.4) is 0 Å². The number of rotatable bonds is 4. The minimum absolute atomic E-state index is 0.161. The molecule has 0 atom stereocenters. The number of hydrogen-bond acceptors (Lipinski definition) is 3. The first-order chi connectivity index (χ1) is 6.08. The van der Waals surface area contributed by atoms with Gasteiger partial charge in [0, 0.05) is 4.90 Å². The third-order valence-electron chi connectivity index (χ3n) is 1.19. The Kier molecular flexibility index (Phi) is 4.38. The summed E-state index contributed by atoms with van der Waals surface area (Å²) in [5.41, 5.74) is 0. The van der Waals surface area contributed by atoms with Crippen molar-refractivity contribution in [2.24, 2.45) is 0 Å². The van der Waals surface area contributed by atoms with E-state index < -0.39 is 6.72 Å². The van der Waals surface area contributed by atoms with Crippen LogP contribution < -0.4 is 0 Å². The normalized spacial score (nSPS) is 11.5. The summed E-state index contributed by atoms with van der Waals surface area (Å²) in [4.78, 5) is 18.5. The summed E-state index contributed by atoms with van der Waals surface area (Å²) in [7, 11) is 0. The first kappa shape index (κ1) is 11.2. The van der Waals surface area contributed by atoms with Gasteiger partial charge >= 0.3 is 6.72 Å². The maximum atomic E-state index is 8.74. The molecule has 0 aliphatic carbocycles. The van der Waals surface area contributed by atoms with Crippen molar-refractivity contribution in [1.29, 1.82) is 0 Å². The molecule has 13 heavy (non-hydrogen) atoms. The molecule has 0 aliphatic heterocycles. The van der Waals surface area contributed by atoms with Gasteiger partial charge < -0.3 is 9.79 Å². The van der Waals surface area contributed by atoms with E-state index in [0.717, 1.165) is 4.90 Å². The summed E-state index contributed by atoms with van der Waals surface area (Å²) in [5.74, 6) is 0.161. The number of hydrogen-bond donors (Lipinski definition) is 2. The van der Waals surface area contributed by atoms with Gasteiger partial charge in [0.05, 0.1) is 0 Å². The zero-order valence-corrected chi connectivity index (χ0v) is 9.19. The minimum Gasteiger partial charge on any atom is -0.325 e. The summed E-state index contributed by atoms with van der Waals surface area (Å²) < 4.78 is 4.63. The highest BCUT2D eigenvalue weighted by Gasteiger charge is 2.06. The van der Waals surface area contributed by atoms with E-state index >= 15 is 0 Å². The second kappa shape index (κ2) is 5.10. The Hall–Kier alpha value is 0.100. The van der Waals surface area contributed by atoms with E-state index in [4.69, 9.17) is 9.79 Å². The summed E-state index contributed by atoms with van der Waals surface area (Å²) >= 11 is 5.65. The third kappa shape index (κ3) is 5.41. The van der Waals surface area contributed by atoms with Crippen LogP contribution in [0.15, 0.2) is 35.2 Å². The van der Waals surface area contributed by atoms with Crippen LogP contribution in [0.5, 0.6) is 0 Å².